The topological polar surface area (TPSA) is 102 Å². The maximum absolute atomic E-state index is 12.9. The molecule has 2 heterocycles. The van der Waals surface area contributed by atoms with Gasteiger partial charge in [-0.25, -0.2) is 5.01 Å². The summed E-state index contributed by atoms with van der Waals surface area (Å²) in [6.07, 6.45) is 0.623. The fourth-order valence-electron chi connectivity index (χ4n) is 4.48. The fourth-order valence-corrected chi connectivity index (χ4v) is 5.54. The molecular weight excluding hydrogens is 516 g/mol. The maximum atomic E-state index is 12.9. The highest BCUT2D eigenvalue weighted by molar-refractivity contribution is 8.15. The fraction of sp³-hybridized carbons (Fsp3) is 0.241. The molecule has 0 aromatic heterocycles. The van der Waals surface area contributed by atoms with Crippen LogP contribution in [0.15, 0.2) is 82.9 Å². The molecule has 1 N–H and O–H groups in total. The first-order valence-electron chi connectivity index (χ1n) is 12.4. The molecule has 9 nitrogen and oxygen atoms in total. The Kier molecular flexibility index (Phi) is 7.83. The highest BCUT2D eigenvalue weighted by atomic mass is 32.2. The molecule has 0 bridgehead atoms. The van der Waals surface area contributed by atoms with Crippen LogP contribution in [0.2, 0.25) is 0 Å². The number of ether oxygens (including phenoxy) is 3. The van der Waals surface area contributed by atoms with Crippen molar-refractivity contribution < 1.29 is 23.8 Å². The largest absolute Gasteiger partial charge is 0.497 e. The zero-order valence-corrected chi connectivity index (χ0v) is 22.6. The van der Waals surface area contributed by atoms with Gasteiger partial charge in [-0.2, -0.15) is 10.1 Å². The third-order valence-electron chi connectivity index (χ3n) is 6.48. The third kappa shape index (κ3) is 5.75. The summed E-state index contributed by atoms with van der Waals surface area (Å²) in [5, 5.41) is 9.37. The van der Waals surface area contributed by atoms with E-state index in [4.69, 9.17) is 19.3 Å². The standard InChI is InChI=1S/C29H28N4O5S/c1-36-21-12-9-18(10-13-21)22-16-23(19-7-5-4-6-8-19)33(32-22)29-31-28(35)26(39-29)17-27(34)30-20-11-14-24(37-2)25(15-20)38-3/h4-15,23,26H,16-17H2,1-3H3,(H,30,34)/t23-,26-/m1/s1. The SMILES string of the molecule is COc1ccc(C2=NN(C3=NC(=O)[C@@H](CC(=O)Nc4ccc(OC)c(OC)c4)S3)[C@@H](c3ccccc3)C2)cc1. The van der Waals surface area contributed by atoms with Crippen LogP contribution in [0.1, 0.15) is 30.0 Å². The molecule has 39 heavy (non-hydrogen) atoms. The van der Waals surface area contributed by atoms with E-state index >= 15 is 0 Å². The van der Waals surface area contributed by atoms with Crippen LogP contribution in [0.25, 0.3) is 0 Å². The van der Waals surface area contributed by atoms with Crippen LogP contribution in [0.5, 0.6) is 17.2 Å². The quantitative estimate of drug-likeness (QED) is 0.431. The van der Waals surface area contributed by atoms with E-state index in [9.17, 15) is 9.59 Å². The van der Waals surface area contributed by atoms with Crippen LogP contribution in [0, 0.1) is 0 Å². The van der Waals surface area contributed by atoms with Gasteiger partial charge in [-0.3, -0.25) is 9.59 Å². The molecule has 200 valence electrons. The number of methoxy groups -OCH3 is 3. The number of rotatable bonds is 8. The molecule has 3 aromatic carbocycles. The summed E-state index contributed by atoms with van der Waals surface area (Å²) in [7, 11) is 4.70. The Balaban J connectivity index is 1.31. The first kappa shape index (κ1) is 26.3. The second kappa shape index (κ2) is 11.6. The number of hydrogen-bond donors (Lipinski definition) is 1. The Hall–Kier alpha value is -4.31. The van der Waals surface area contributed by atoms with Crippen LogP contribution in [-0.2, 0) is 9.59 Å². The number of hydrazone groups is 1. The van der Waals surface area contributed by atoms with Crippen LogP contribution in [-0.4, -0.2) is 54.3 Å². The Morgan fingerprint density at radius 1 is 0.974 bits per heavy atom. The number of aliphatic imine (C=N–C) groups is 1. The van der Waals surface area contributed by atoms with E-state index in [0.29, 0.717) is 28.8 Å². The number of nitrogens with one attached hydrogen (secondary N) is 1. The molecule has 2 atom stereocenters. The minimum atomic E-state index is -0.642. The van der Waals surface area contributed by atoms with Crippen LogP contribution < -0.4 is 19.5 Å². The van der Waals surface area contributed by atoms with Crippen molar-refractivity contribution in [1.29, 1.82) is 0 Å². The zero-order chi connectivity index (χ0) is 27.4. The molecule has 0 spiro atoms. The van der Waals surface area contributed by atoms with Gasteiger partial charge >= 0.3 is 0 Å². The Morgan fingerprint density at radius 3 is 2.41 bits per heavy atom. The van der Waals surface area contributed by atoms with Crippen molar-refractivity contribution in [2.45, 2.75) is 24.1 Å². The van der Waals surface area contributed by atoms with Crippen molar-refractivity contribution in [3.05, 3.63) is 83.9 Å². The summed E-state index contributed by atoms with van der Waals surface area (Å²) in [6.45, 7) is 0. The number of carbonyl (C=O) groups is 2. The first-order valence-corrected chi connectivity index (χ1v) is 13.2. The van der Waals surface area contributed by atoms with E-state index in [0.717, 1.165) is 22.6 Å². The number of nitrogens with zero attached hydrogens (tertiary/aromatic N) is 3. The number of hydrogen-bond acceptors (Lipinski definition) is 8. The molecule has 0 saturated heterocycles. The van der Waals surface area contributed by atoms with Crippen molar-refractivity contribution in [2.24, 2.45) is 10.1 Å². The predicted molar refractivity (Wildman–Crippen MR) is 152 cm³/mol. The van der Waals surface area contributed by atoms with Gasteiger partial charge in [-0.15, -0.1) is 0 Å². The highest BCUT2D eigenvalue weighted by Gasteiger charge is 2.39. The summed E-state index contributed by atoms with van der Waals surface area (Å²) in [6, 6.07) is 22.7. The first-order chi connectivity index (χ1) is 19.0. The van der Waals surface area contributed by atoms with Gasteiger partial charge in [0.1, 0.15) is 11.0 Å². The Bertz CT molecular complexity index is 1430. The average molecular weight is 545 g/mol. The summed E-state index contributed by atoms with van der Waals surface area (Å²) >= 11 is 1.26. The van der Waals surface area contributed by atoms with Gasteiger partial charge in [0.05, 0.1) is 33.1 Å². The van der Waals surface area contributed by atoms with Crippen LogP contribution >= 0.6 is 11.8 Å². The average Bonchev–Trinajstić information content (AvgIpc) is 3.57. The summed E-state index contributed by atoms with van der Waals surface area (Å²) < 4.78 is 15.8. The lowest BCUT2D eigenvalue weighted by atomic mass is 9.98. The van der Waals surface area contributed by atoms with E-state index < -0.39 is 5.25 Å². The zero-order valence-electron chi connectivity index (χ0n) is 21.8. The van der Waals surface area contributed by atoms with Crippen molar-refractivity contribution in [3.63, 3.8) is 0 Å². The van der Waals surface area contributed by atoms with Crippen LogP contribution in [0.3, 0.4) is 0 Å². The van der Waals surface area contributed by atoms with Crippen molar-refractivity contribution in [2.75, 3.05) is 26.6 Å². The van der Waals surface area contributed by atoms with Crippen molar-refractivity contribution >= 4 is 40.1 Å². The second-order valence-corrected chi connectivity index (χ2v) is 10.1. The lowest BCUT2D eigenvalue weighted by Gasteiger charge is -2.23. The van der Waals surface area contributed by atoms with E-state index in [2.05, 4.69) is 10.3 Å². The van der Waals surface area contributed by atoms with E-state index in [1.807, 2.05) is 59.6 Å². The molecule has 10 heteroatoms. The molecule has 2 aliphatic heterocycles. The van der Waals surface area contributed by atoms with E-state index in [1.54, 1.807) is 32.4 Å². The van der Waals surface area contributed by atoms with Crippen molar-refractivity contribution in [3.8, 4) is 17.2 Å². The molecule has 2 aliphatic rings. The Morgan fingerprint density at radius 2 is 1.72 bits per heavy atom. The van der Waals surface area contributed by atoms with Crippen LogP contribution in [0.4, 0.5) is 5.69 Å². The number of carbonyl (C=O) groups excluding carboxylic acids is 2. The number of benzene rings is 3. The monoisotopic (exact) mass is 544 g/mol. The number of amidine groups is 1. The number of anilines is 1. The molecule has 0 saturated carbocycles. The van der Waals surface area contributed by atoms with Gasteiger partial charge in [-0.05, 0) is 47.5 Å². The van der Waals surface area contributed by atoms with E-state index in [-0.39, 0.29) is 24.3 Å². The van der Waals surface area contributed by atoms with Gasteiger partial charge in [0, 0.05) is 24.6 Å². The van der Waals surface area contributed by atoms with Gasteiger partial charge in [0.2, 0.25) is 5.91 Å². The minimum Gasteiger partial charge on any atom is -0.497 e. The summed E-state index contributed by atoms with van der Waals surface area (Å²) in [5.41, 5.74) is 3.47. The lowest BCUT2D eigenvalue weighted by Crippen LogP contribution is -2.25. The molecule has 3 aromatic rings. The normalized spacial score (nSPS) is 18.4. The van der Waals surface area contributed by atoms with E-state index in [1.165, 1.54) is 18.9 Å². The number of thioether (sulfide) groups is 1. The molecular formula is C29H28N4O5S. The van der Waals surface area contributed by atoms with Gasteiger partial charge in [0.25, 0.3) is 5.91 Å². The van der Waals surface area contributed by atoms with Gasteiger partial charge in [0.15, 0.2) is 16.7 Å². The molecule has 5 rings (SSSR count). The van der Waals surface area contributed by atoms with Crippen molar-refractivity contribution in [1.82, 2.24) is 5.01 Å². The number of amides is 2. The third-order valence-corrected chi connectivity index (χ3v) is 7.62. The Labute approximate surface area is 230 Å². The summed E-state index contributed by atoms with van der Waals surface area (Å²) in [4.78, 5) is 30.0. The highest BCUT2D eigenvalue weighted by Crippen LogP contribution is 2.39. The molecule has 0 fully saturated rings. The summed E-state index contributed by atoms with van der Waals surface area (Å²) in [5.74, 6) is 1.18. The molecule has 0 unspecified atom stereocenters. The lowest BCUT2D eigenvalue weighted by molar-refractivity contribution is -0.121. The second-order valence-electron chi connectivity index (χ2n) is 8.91. The maximum Gasteiger partial charge on any atom is 0.262 e. The van der Waals surface area contributed by atoms with Gasteiger partial charge < -0.3 is 19.5 Å². The minimum absolute atomic E-state index is 0.0241. The smallest absolute Gasteiger partial charge is 0.262 e. The molecule has 0 radical (unpaired) electrons. The van der Waals surface area contributed by atoms with Gasteiger partial charge in [-0.1, -0.05) is 42.1 Å². The molecule has 2 amide bonds. The molecule has 0 aliphatic carbocycles. The predicted octanol–water partition coefficient (Wildman–Crippen LogP) is 4.89.